The van der Waals surface area contributed by atoms with Crippen molar-refractivity contribution < 1.29 is 0 Å². The van der Waals surface area contributed by atoms with Gasteiger partial charge in [0.05, 0.1) is 5.02 Å². The molecule has 68 valence electrons. The van der Waals surface area contributed by atoms with Crippen molar-refractivity contribution >= 4 is 38.4 Å². The Morgan fingerprint density at radius 2 is 2.00 bits per heavy atom. The number of halogens is 2. The summed E-state index contributed by atoms with van der Waals surface area (Å²) in [6.07, 6.45) is 0. The van der Waals surface area contributed by atoms with E-state index >= 15 is 0 Å². The minimum atomic E-state index is 0.762. The summed E-state index contributed by atoms with van der Waals surface area (Å²) in [7, 11) is 2.05. The first-order valence-electron chi connectivity index (χ1n) is 4.00. The van der Waals surface area contributed by atoms with Crippen molar-refractivity contribution in [1.82, 2.24) is 4.57 Å². The molecule has 1 aromatic carbocycles. The maximum atomic E-state index is 5.99. The van der Waals surface area contributed by atoms with Crippen molar-refractivity contribution in [3.8, 4) is 0 Å². The summed E-state index contributed by atoms with van der Waals surface area (Å²) in [5.74, 6) is 0. The second-order valence-electron chi connectivity index (χ2n) is 3.17. The lowest BCUT2D eigenvalue weighted by atomic mass is 10.2. The van der Waals surface area contributed by atoms with Crippen molar-refractivity contribution in [1.29, 1.82) is 0 Å². The summed E-state index contributed by atoms with van der Waals surface area (Å²) in [5, 5.41) is 1.95. The van der Waals surface area contributed by atoms with Gasteiger partial charge in [0.1, 0.15) is 0 Å². The molecule has 2 rings (SSSR count). The Labute approximate surface area is 90.4 Å². The number of hydrogen-bond donors (Lipinski definition) is 0. The largest absolute Gasteiger partial charge is 0.348 e. The highest BCUT2D eigenvalue weighted by atomic mass is 79.9. The predicted octanol–water partition coefficient (Wildman–Crippen LogP) is 3.90. The molecule has 0 saturated heterocycles. The molecule has 1 heterocycles. The van der Waals surface area contributed by atoms with Crippen LogP contribution in [-0.2, 0) is 7.05 Å². The molecule has 0 atom stereocenters. The summed E-state index contributed by atoms with van der Waals surface area (Å²) < 4.78 is 3.10. The third-order valence-corrected chi connectivity index (χ3v) is 3.52. The van der Waals surface area contributed by atoms with Crippen LogP contribution < -0.4 is 0 Å². The Morgan fingerprint density at radius 3 is 2.69 bits per heavy atom. The van der Waals surface area contributed by atoms with Gasteiger partial charge in [0.2, 0.25) is 0 Å². The molecule has 2 aromatic rings. The summed E-state index contributed by atoms with van der Waals surface area (Å²) in [6.45, 7) is 2.09. The Balaban J connectivity index is 2.89. The van der Waals surface area contributed by atoms with E-state index in [1.807, 2.05) is 12.1 Å². The summed E-state index contributed by atoms with van der Waals surface area (Å²) in [6, 6.07) is 6.16. The van der Waals surface area contributed by atoms with Crippen LogP contribution in [0.1, 0.15) is 5.69 Å². The molecule has 0 aliphatic rings. The predicted molar refractivity (Wildman–Crippen MR) is 60.4 cm³/mol. The van der Waals surface area contributed by atoms with Crippen molar-refractivity contribution in [2.45, 2.75) is 6.92 Å². The van der Waals surface area contributed by atoms with Gasteiger partial charge in [-0.3, -0.25) is 0 Å². The molecule has 1 aromatic heterocycles. The number of aromatic nitrogens is 1. The van der Waals surface area contributed by atoms with Crippen LogP contribution >= 0.6 is 27.5 Å². The zero-order valence-electron chi connectivity index (χ0n) is 7.44. The molecule has 13 heavy (non-hydrogen) atoms. The van der Waals surface area contributed by atoms with Crippen molar-refractivity contribution in [3.63, 3.8) is 0 Å². The molecule has 0 aliphatic heterocycles. The fourth-order valence-corrected chi connectivity index (χ4v) is 1.97. The summed E-state index contributed by atoms with van der Waals surface area (Å²) in [5.41, 5.74) is 2.44. The smallest absolute Gasteiger partial charge is 0.0555 e. The highest BCUT2D eigenvalue weighted by Crippen LogP contribution is 2.29. The van der Waals surface area contributed by atoms with Crippen LogP contribution in [0.15, 0.2) is 22.7 Å². The molecule has 3 heteroatoms. The van der Waals surface area contributed by atoms with E-state index in [4.69, 9.17) is 11.6 Å². The quantitative estimate of drug-likeness (QED) is 0.675. The molecular weight excluding hydrogens is 249 g/mol. The second-order valence-corrected chi connectivity index (χ2v) is 4.43. The fourth-order valence-electron chi connectivity index (χ4n) is 1.47. The first kappa shape index (κ1) is 9.10. The number of hydrogen-bond acceptors (Lipinski definition) is 0. The zero-order valence-corrected chi connectivity index (χ0v) is 9.78. The Bertz CT molecular complexity index is 473. The molecule has 0 spiro atoms. The SMILES string of the molecule is Cc1cc2cc(Cl)c(Br)cc2n1C. The Kier molecular flexibility index (Phi) is 2.12. The molecule has 1 nitrogen and oxygen atoms in total. The molecule has 0 fully saturated rings. The van der Waals surface area contributed by atoms with Gasteiger partial charge in [-0.1, -0.05) is 11.6 Å². The van der Waals surface area contributed by atoms with Gasteiger partial charge in [-0.2, -0.15) is 0 Å². The van der Waals surface area contributed by atoms with Crippen molar-refractivity contribution in [2.24, 2.45) is 7.05 Å². The van der Waals surface area contributed by atoms with Gasteiger partial charge in [0.25, 0.3) is 0 Å². The van der Waals surface area contributed by atoms with Gasteiger partial charge < -0.3 is 4.57 Å². The molecule has 0 bridgehead atoms. The van der Waals surface area contributed by atoms with Gasteiger partial charge in [0.15, 0.2) is 0 Å². The van der Waals surface area contributed by atoms with Crippen LogP contribution in [0.4, 0.5) is 0 Å². The van der Waals surface area contributed by atoms with Crippen LogP contribution in [0.3, 0.4) is 0 Å². The van der Waals surface area contributed by atoms with E-state index in [0.717, 1.165) is 9.50 Å². The lowest BCUT2D eigenvalue weighted by Crippen LogP contribution is -1.88. The van der Waals surface area contributed by atoms with E-state index in [2.05, 4.69) is 40.5 Å². The lowest BCUT2D eigenvalue weighted by molar-refractivity contribution is 0.918. The zero-order chi connectivity index (χ0) is 9.59. The molecule has 0 amide bonds. The van der Waals surface area contributed by atoms with E-state index in [9.17, 15) is 0 Å². The second kappa shape index (κ2) is 3.03. The Morgan fingerprint density at radius 1 is 1.31 bits per heavy atom. The average molecular weight is 259 g/mol. The first-order valence-corrected chi connectivity index (χ1v) is 5.18. The molecule has 0 saturated carbocycles. The van der Waals surface area contributed by atoms with Gasteiger partial charge in [-0.15, -0.1) is 0 Å². The van der Waals surface area contributed by atoms with Gasteiger partial charge in [-0.05, 0) is 41.1 Å². The molecule has 0 aliphatic carbocycles. The maximum absolute atomic E-state index is 5.99. The topological polar surface area (TPSA) is 4.93 Å². The summed E-state index contributed by atoms with van der Waals surface area (Å²) >= 11 is 9.41. The molecular formula is C10H9BrClN. The van der Waals surface area contributed by atoms with E-state index in [-0.39, 0.29) is 0 Å². The number of fused-ring (bicyclic) bond motifs is 1. The highest BCUT2D eigenvalue weighted by Gasteiger charge is 2.05. The van der Waals surface area contributed by atoms with Crippen LogP contribution in [0, 0.1) is 6.92 Å². The Hall–Kier alpha value is -0.470. The van der Waals surface area contributed by atoms with E-state index < -0.39 is 0 Å². The minimum Gasteiger partial charge on any atom is -0.348 e. The van der Waals surface area contributed by atoms with Gasteiger partial charge >= 0.3 is 0 Å². The normalized spacial score (nSPS) is 11.1. The van der Waals surface area contributed by atoms with Crippen molar-refractivity contribution in [3.05, 3.63) is 33.4 Å². The maximum Gasteiger partial charge on any atom is 0.0555 e. The van der Waals surface area contributed by atoms with E-state index in [1.54, 1.807) is 0 Å². The number of aryl methyl sites for hydroxylation is 2. The summed E-state index contributed by atoms with van der Waals surface area (Å²) in [4.78, 5) is 0. The van der Waals surface area contributed by atoms with Gasteiger partial charge in [-0.25, -0.2) is 0 Å². The molecule has 0 unspecified atom stereocenters. The molecule has 0 N–H and O–H groups in total. The van der Waals surface area contributed by atoms with Crippen LogP contribution in [0.25, 0.3) is 10.9 Å². The monoisotopic (exact) mass is 257 g/mol. The van der Waals surface area contributed by atoms with Gasteiger partial charge in [0, 0.05) is 28.1 Å². The van der Waals surface area contributed by atoms with Crippen LogP contribution in [0.2, 0.25) is 5.02 Å². The van der Waals surface area contributed by atoms with E-state index in [1.165, 1.54) is 16.6 Å². The third kappa shape index (κ3) is 1.38. The van der Waals surface area contributed by atoms with Crippen molar-refractivity contribution in [2.75, 3.05) is 0 Å². The number of benzene rings is 1. The minimum absolute atomic E-state index is 0.762. The number of rotatable bonds is 0. The fraction of sp³-hybridized carbons (Fsp3) is 0.200. The molecule has 0 radical (unpaired) electrons. The number of nitrogens with zero attached hydrogens (tertiary/aromatic N) is 1. The highest BCUT2D eigenvalue weighted by molar-refractivity contribution is 9.10. The van der Waals surface area contributed by atoms with Crippen LogP contribution in [-0.4, -0.2) is 4.57 Å². The van der Waals surface area contributed by atoms with E-state index in [0.29, 0.717) is 0 Å². The third-order valence-electron chi connectivity index (χ3n) is 2.32. The average Bonchev–Trinajstić information content (AvgIpc) is 2.32. The van der Waals surface area contributed by atoms with Crippen LogP contribution in [0.5, 0.6) is 0 Å². The standard InChI is InChI=1S/C10H9BrClN/c1-6-3-7-4-9(12)8(11)5-10(7)13(6)2/h3-5H,1-2H3. The lowest BCUT2D eigenvalue weighted by Gasteiger charge is -2.00. The first-order chi connectivity index (χ1) is 6.09.